The lowest BCUT2D eigenvalue weighted by atomic mass is 10.0. The number of ketones is 1. The van der Waals surface area contributed by atoms with Crippen molar-refractivity contribution in [1.29, 1.82) is 0 Å². The minimum absolute atomic E-state index is 0.0206. The van der Waals surface area contributed by atoms with Crippen LogP contribution >= 0.6 is 0 Å². The van der Waals surface area contributed by atoms with Crippen LogP contribution in [-0.2, 0) is 17.6 Å². The number of benzene rings is 1. The Hall–Kier alpha value is -1.68. The van der Waals surface area contributed by atoms with Crippen LogP contribution in [0.25, 0.3) is 0 Å². The number of hydrogen-bond donors (Lipinski definition) is 1. The molecule has 0 heterocycles. The van der Waals surface area contributed by atoms with E-state index in [0.29, 0.717) is 12.1 Å². The summed E-state index contributed by atoms with van der Waals surface area (Å²) in [7, 11) is 0. The van der Waals surface area contributed by atoms with Crippen molar-refractivity contribution in [3.63, 3.8) is 0 Å². The zero-order valence-electron chi connectivity index (χ0n) is 14.3. The molecule has 0 radical (unpaired) electrons. The SMILES string of the molecule is CC(O)CN(C(=O)CCC(=O)c1ccc2c(c1)CCC2)C(C)C. The Morgan fingerprint density at radius 3 is 2.48 bits per heavy atom. The average Bonchev–Trinajstić information content (AvgIpc) is 2.96. The van der Waals surface area contributed by atoms with Crippen LogP contribution in [-0.4, -0.2) is 40.4 Å². The van der Waals surface area contributed by atoms with Crippen molar-refractivity contribution < 1.29 is 14.7 Å². The summed E-state index contributed by atoms with van der Waals surface area (Å²) in [4.78, 5) is 26.3. The second-order valence-electron chi connectivity index (χ2n) is 6.75. The van der Waals surface area contributed by atoms with Crippen LogP contribution in [0.5, 0.6) is 0 Å². The van der Waals surface area contributed by atoms with E-state index in [4.69, 9.17) is 0 Å². The van der Waals surface area contributed by atoms with E-state index in [1.165, 1.54) is 11.1 Å². The highest BCUT2D eigenvalue weighted by atomic mass is 16.3. The summed E-state index contributed by atoms with van der Waals surface area (Å²) < 4.78 is 0. The summed E-state index contributed by atoms with van der Waals surface area (Å²) in [6, 6.07) is 5.94. The highest BCUT2D eigenvalue weighted by molar-refractivity contribution is 5.98. The quantitative estimate of drug-likeness (QED) is 0.787. The lowest BCUT2D eigenvalue weighted by molar-refractivity contribution is -0.134. The third kappa shape index (κ3) is 4.64. The zero-order valence-corrected chi connectivity index (χ0v) is 14.3. The molecule has 1 aromatic carbocycles. The van der Waals surface area contributed by atoms with Crippen molar-refractivity contribution >= 4 is 11.7 Å². The van der Waals surface area contributed by atoms with Gasteiger partial charge in [-0.25, -0.2) is 0 Å². The predicted molar refractivity (Wildman–Crippen MR) is 90.6 cm³/mol. The van der Waals surface area contributed by atoms with Gasteiger partial charge in [-0.3, -0.25) is 9.59 Å². The highest BCUT2D eigenvalue weighted by Crippen LogP contribution is 2.23. The monoisotopic (exact) mass is 317 g/mol. The molecule has 126 valence electrons. The van der Waals surface area contributed by atoms with E-state index in [2.05, 4.69) is 0 Å². The third-order valence-corrected chi connectivity index (χ3v) is 4.39. The fourth-order valence-electron chi connectivity index (χ4n) is 3.14. The molecule has 2 rings (SSSR count). The largest absolute Gasteiger partial charge is 0.392 e. The van der Waals surface area contributed by atoms with E-state index in [9.17, 15) is 14.7 Å². The van der Waals surface area contributed by atoms with Crippen LogP contribution in [0.4, 0.5) is 0 Å². The number of carbonyl (C=O) groups is 2. The van der Waals surface area contributed by atoms with Crippen LogP contribution in [0.1, 0.15) is 61.5 Å². The minimum atomic E-state index is -0.561. The van der Waals surface area contributed by atoms with Crippen LogP contribution in [0.3, 0.4) is 0 Å². The summed E-state index contributed by atoms with van der Waals surface area (Å²) in [5, 5.41) is 9.50. The molecule has 0 saturated carbocycles. The molecule has 0 spiro atoms. The van der Waals surface area contributed by atoms with E-state index < -0.39 is 6.10 Å². The maximum Gasteiger partial charge on any atom is 0.223 e. The lowest BCUT2D eigenvalue weighted by Gasteiger charge is -2.28. The van der Waals surface area contributed by atoms with E-state index in [1.54, 1.807) is 11.8 Å². The highest BCUT2D eigenvalue weighted by Gasteiger charge is 2.20. The Labute approximate surface area is 138 Å². The zero-order chi connectivity index (χ0) is 17.0. The first-order valence-electron chi connectivity index (χ1n) is 8.51. The maximum atomic E-state index is 12.3. The van der Waals surface area contributed by atoms with Gasteiger partial charge in [0.1, 0.15) is 0 Å². The Balaban J connectivity index is 1.94. The second kappa shape index (κ2) is 7.73. The number of Topliss-reactive ketones (excluding diaryl/α,β-unsaturated/α-hetero) is 1. The fraction of sp³-hybridized carbons (Fsp3) is 0.579. The van der Waals surface area contributed by atoms with Gasteiger partial charge in [-0.05, 0) is 57.2 Å². The minimum Gasteiger partial charge on any atom is -0.392 e. The van der Waals surface area contributed by atoms with Crippen molar-refractivity contribution in [3.8, 4) is 0 Å². The van der Waals surface area contributed by atoms with E-state index in [1.807, 2.05) is 32.0 Å². The van der Waals surface area contributed by atoms with Gasteiger partial charge in [0.25, 0.3) is 0 Å². The van der Waals surface area contributed by atoms with Gasteiger partial charge in [-0.15, -0.1) is 0 Å². The number of amides is 1. The Kier molecular flexibility index (Phi) is 5.94. The number of aliphatic hydroxyl groups is 1. The molecule has 0 bridgehead atoms. The van der Waals surface area contributed by atoms with Gasteiger partial charge in [0.05, 0.1) is 6.10 Å². The molecule has 4 heteroatoms. The summed E-state index contributed by atoms with van der Waals surface area (Å²) in [5.41, 5.74) is 3.34. The summed E-state index contributed by atoms with van der Waals surface area (Å²) in [5.74, 6) is -0.0517. The number of nitrogens with zero attached hydrogens (tertiary/aromatic N) is 1. The van der Waals surface area contributed by atoms with Gasteiger partial charge in [-0.2, -0.15) is 0 Å². The van der Waals surface area contributed by atoms with Crippen LogP contribution < -0.4 is 0 Å². The maximum absolute atomic E-state index is 12.3. The molecule has 0 saturated heterocycles. The summed E-state index contributed by atoms with van der Waals surface area (Å²) in [6.45, 7) is 5.81. The van der Waals surface area contributed by atoms with Crippen molar-refractivity contribution in [2.45, 2.75) is 65.0 Å². The van der Waals surface area contributed by atoms with Crippen LogP contribution in [0.15, 0.2) is 18.2 Å². The molecule has 1 atom stereocenters. The third-order valence-electron chi connectivity index (χ3n) is 4.39. The smallest absolute Gasteiger partial charge is 0.223 e. The Bertz CT molecular complexity index is 578. The Morgan fingerprint density at radius 2 is 1.83 bits per heavy atom. The number of aliphatic hydroxyl groups excluding tert-OH is 1. The van der Waals surface area contributed by atoms with Crippen molar-refractivity contribution in [2.75, 3.05) is 6.54 Å². The number of rotatable bonds is 7. The van der Waals surface area contributed by atoms with Crippen molar-refractivity contribution in [3.05, 3.63) is 34.9 Å². The standard InChI is InChI=1S/C19H27NO3/c1-13(2)20(12-14(3)21)19(23)10-9-18(22)17-8-7-15-5-4-6-16(15)11-17/h7-8,11,13-14,21H,4-6,9-10,12H2,1-3H3. The van der Waals surface area contributed by atoms with Gasteiger partial charge < -0.3 is 10.0 Å². The van der Waals surface area contributed by atoms with Gasteiger partial charge in [-0.1, -0.05) is 12.1 Å². The van der Waals surface area contributed by atoms with Gasteiger partial charge in [0, 0.05) is 31.0 Å². The molecule has 1 aliphatic carbocycles. The van der Waals surface area contributed by atoms with E-state index in [0.717, 1.165) is 19.3 Å². The van der Waals surface area contributed by atoms with Gasteiger partial charge >= 0.3 is 0 Å². The van der Waals surface area contributed by atoms with Crippen molar-refractivity contribution in [2.24, 2.45) is 0 Å². The summed E-state index contributed by atoms with van der Waals surface area (Å²) >= 11 is 0. The van der Waals surface area contributed by atoms with E-state index >= 15 is 0 Å². The molecule has 4 nitrogen and oxygen atoms in total. The molecular weight excluding hydrogens is 290 g/mol. The van der Waals surface area contributed by atoms with Gasteiger partial charge in [0.15, 0.2) is 5.78 Å². The molecule has 1 N–H and O–H groups in total. The second-order valence-corrected chi connectivity index (χ2v) is 6.75. The molecule has 1 aliphatic rings. The molecular formula is C19H27NO3. The van der Waals surface area contributed by atoms with Crippen molar-refractivity contribution in [1.82, 2.24) is 4.90 Å². The number of carbonyl (C=O) groups excluding carboxylic acids is 2. The molecule has 1 aromatic rings. The molecule has 0 aromatic heterocycles. The first kappa shape index (κ1) is 17.7. The van der Waals surface area contributed by atoms with E-state index in [-0.39, 0.29) is 30.6 Å². The van der Waals surface area contributed by atoms with Crippen LogP contribution in [0.2, 0.25) is 0 Å². The first-order valence-corrected chi connectivity index (χ1v) is 8.51. The molecule has 23 heavy (non-hydrogen) atoms. The number of aryl methyl sites for hydroxylation is 2. The number of hydrogen-bond acceptors (Lipinski definition) is 3. The topological polar surface area (TPSA) is 57.6 Å². The van der Waals surface area contributed by atoms with Gasteiger partial charge in [0.2, 0.25) is 5.91 Å². The normalized spacial score (nSPS) is 14.7. The molecule has 1 unspecified atom stereocenters. The van der Waals surface area contributed by atoms with Crippen LogP contribution in [0, 0.1) is 0 Å². The predicted octanol–water partition coefficient (Wildman–Crippen LogP) is 2.76. The number of fused-ring (bicyclic) bond motifs is 1. The molecule has 0 fully saturated rings. The fourth-order valence-corrected chi connectivity index (χ4v) is 3.14. The lowest BCUT2D eigenvalue weighted by Crippen LogP contribution is -2.41. The summed E-state index contributed by atoms with van der Waals surface area (Å²) in [6.07, 6.45) is 3.17. The molecule has 1 amide bonds. The average molecular weight is 317 g/mol. The first-order chi connectivity index (χ1) is 10.9. The molecule has 0 aliphatic heterocycles. The Morgan fingerprint density at radius 1 is 1.13 bits per heavy atom.